The quantitative estimate of drug-likeness (QED) is 0.800. The highest BCUT2D eigenvalue weighted by molar-refractivity contribution is 5.56. The van der Waals surface area contributed by atoms with Crippen molar-refractivity contribution < 1.29 is 0 Å². The lowest BCUT2D eigenvalue weighted by atomic mass is 9.78. The number of nitrogens with one attached hydrogen (secondary N) is 1. The number of pyridine rings is 1. The largest absolute Gasteiger partial charge is 0.364 e. The Morgan fingerprint density at radius 3 is 2.80 bits per heavy atom. The lowest BCUT2D eigenvalue weighted by Crippen LogP contribution is -2.42. The van der Waals surface area contributed by atoms with Crippen molar-refractivity contribution in [2.45, 2.75) is 38.6 Å². The predicted octanol–water partition coefficient (Wildman–Crippen LogP) is 2.62. The zero-order valence-corrected chi connectivity index (χ0v) is 9.17. The Kier molecular flexibility index (Phi) is 2.36. The third-order valence-corrected chi connectivity index (χ3v) is 3.15. The molecule has 1 fully saturated rings. The van der Waals surface area contributed by atoms with Crippen LogP contribution in [0.1, 0.15) is 37.3 Å². The molecule has 1 heterocycles. The van der Waals surface area contributed by atoms with Gasteiger partial charge in [-0.2, -0.15) is 5.26 Å². The first-order valence-electron chi connectivity index (χ1n) is 5.28. The van der Waals surface area contributed by atoms with Gasteiger partial charge in [-0.3, -0.25) is 0 Å². The Morgan fingerprint density at radius 2 is 2.27 bits per heavy atom. The Morgan fingerprint density at radius 1 is 1.53 bits per heavy atom. The van der Waals surface area contributed by atoms with E-state index in [2.05, 4.69) is 23.3 Å². The standard InChI is InChI=1S/C12H15N3/c1-9-4-7-14-11(10(9)8-13)15-12(2)5-3-6-12/h4,7H,3,5-6H2,1-2H3,(H,14,15). The number of anilines is 1. The molecular weight excluding hydrogens is 186 g/mol. The summed E-state index contributed by atoms with van der Waals surface area (Å²) in [6, 6.07) is 4.08. The molecule has 1 aliphatic carbocycles. The van der Waals surface area contributed by atoms with Crippen molar-refractivity contribution in [2.75, 3.05) is 5.32 Å². The molecule has 0 amide bonds. The highest BCUT2D eigenvalue weighted by Crippen LogP contribution is 2.35. The average Bonchev–Trinajstić information content (AvgIpc) is 2.16. The minimum Gasteiger partial charge on any atom is -0.364 e. The van der Waals surface area contributed by atoms with Crippen molar-refractivity contribution in [3.05, 3.63) is 23.4 Å². The molecule has 2 rings (SSSR count). The highest BCUT2D eigenvalue weighted by atomic mass is 15.1. The molecule has 0 aromatic carbocycles. The second kappa shape index (κ2) is 3.54. The summed E-state index contributed by atoms with van der Waals surface area (Å²) in [6.45, 7) is 4.12. The van der Waals surface area contributed by atoms with E-state index in [1.54, 1.807) is 6.20 Å². The van der Waals surface area contributed by atoms with Gasteiger partial charge in [0.25, 0.3) is 0 Å². The summed E-state index contributed by atoms with van der Waals surface area (Å²) in [7, 11) is 0. The van der Waals surface area contributed by atoms with Gasteiger partial charge in [-0.15, -0.1) is 0 Å². The number of nitrogens with zero attached hydrogens (tertiary/aromatic N) is 2. The second-order valence-electron chi connectivity index (χ2n) is 4.50. The smallest absolute Gasteiger partial charge is 0.144 e. The molecule has 1 aromatic rings. The molecule has 3 heteroatoms. The summed E-state index contributed by atoms with van der Waals surface area (Å²) in [5, 5.41) is 12.4. The van der Waals surface area contributed by atoms with Crippen molar-refractivity contribution in [1.82, 2.24) is 4.98 Å². The van der Waals surface area contributed by atoms with Crippen LogP contribution in [0, 0.1) is 18.3 Å². The summed E-state index contributed by atoms with van der Waals surface area (Å²) < 4.78 is 0. The van der Waals surface area contributed by atoms with Crippen molar-refractivity contribution in [1.29, 1.82) is 5.26 Å². The number of rotatable bonds is 2. The fourth-order valence-corrected chi connectivity index (χ4v) is 1.91. The Labute approximate surface area is 90.1 Å². The van der Waals surface area contributed by atoms with Gasteiger partial charge < -0.3 is 5.32 Å². The van der Waals surface area contributed by atoms with E-state index in [0.717, 1.165) is 24.2 Å². The van der Waals surface area contributed by atoms with Gasteiger partial charge in [0.15, 0.2) is 0 Å². The van der Waals surface area contributed by atoms with Crippen LogP contribution in [0.25, 0.3) is 0 Å². The van der Waals surface area contributed by atoms with Crippen LogP contribution in [-0.4, -0.2) is 10.5 Å². The van der Waals surface area contributed by atoms with Crippen LogP contribution in [0.15, 0.2) is 12.3 Å². The Hall–Kier alpha value is -1.56. The van der Waals surface area contributed by atoms with Crippen molar-refractivity contribution >= 4 is 5.82 Å². The molecule has 1 saturated carbocycles. The fourth-order valence-electron chi connectivity index (χ4n) is 1.91. The van der Waals surface area contributed by atoms with Gasteiger partial charge >= 0.3 is 0 Å². The number of aryl methyl sites for hydroxylation is 1. The van der Waals surface area contributed by atoms with Crippen LogP contribution < -0.4 is 5.32 Å². The number of hydrogen-bond donors (Lipinski definition) is 1. The van der Waals surface area contributed by atoms with Crippen LogP contribution in [0.4, 0.5) is 5.82 Å². The van der Waals surface area contributed by atoms with Crippen molar-refractivity contribution in [2.24, 2.45) is 0 Å². The van der Waals surface area contributed by atoms with Gasteiger partial charge in [0.05, 0.1) is 5.56 Å². The lowest BCUT2D eigenvalue weighted by molar-refractivity contribution is 0.305. The van der Waals surface area contributed by atoms with E-state index in [1.165, 1.54) is 6.42 Å². The normalized spacial score (nSPS) is 17.7. The Bertz CT molecular complexity index is 413. The molecule has 0 spiro atoms. The SMILES string of the molecule is Cc1ccnc(NC2(C)CCC2)c1C#N. The van der Waals surface area contributed by atoms with E-state index in [4.69, 9.17) is 5.26 Å². The van der Waals surface area contributed by atoms with Crippen molar-refractivity contribution in [3.8, 4) is 6.07 Å². The molecule has 3 nitrogen and oxygen atoms in total. The van der Waals surface area contributed by atoms with E-state index in [1.807, 2.05) is 13.0 Å². The van der Waals surface area contributed by atoms with Gasteiger partial charge in [-0.25, -0.2) is 4.98 Å². The zero-order chi connectivity index (χ0) is 10.9. The van der Waals surface area contributed by atoms with E-state index in [-0.39, 0.29) is 5.54 Å². The maximum Gasteiger partial charge on any atom is 0.144 e. The first-order chi connectivity index (χ1) is 7.14. The van der Waals surface area contributed by atoms with Crippen LogP contribution in [0.3, 0.4) is 0 Å². The first-order valence-corrected chi connectivity index (χ1v) is 5.28. The molecule has 1 aliphatic rings. The minimum absolute atomic E-state index is 0.145. The third kappa shape index (κ3) is 1.80. The van der Waals surface area contributed by atoms with Crippen molar-refractivity contribution in [3.63, 3.8) is 0 Å². The summed E-state index contributed by atoms with van der Waals surface area (Å²) in [4.78, 5) is 4.24. The van der Waals surface area contributed by atoms with E-state index in [0.29, 0.717) is 5.56 Å². The van der Waals surface area contributed by atoms with Crippen LogP contribution >= 0.6 is 0 Å². The summed E-state index contributed by atoms with van der Waals surface area (Å²) >= 11 is 0. The molecule has 0 aliphatic heterocycles. The van der Waals surface area contributed by atoms with Gasteiger partial charge in [0.1, 0.15) is 11.9 Å². The number of hydrogen-bond acceptors (Lipinski definition) is 3. The zero-order valence-electron chi connectivity index (χ0n) is 9.17. The molecule has 0 radical (unpaired) electrons. The van der Waals surface area contributed by atoms with Gasteiger partial charge in [0.2, 0.25) is 0 Å². The van der Waals surface area contributed by atoms with E-state index in [9.17, 15) is 0 Å². The van der Waals surface area contributed by atoms with E-state index >= 15 is 0 Å². The lowest BCUT2D eigenvalue weighted by Gasteiger charge is -2.39. The molecule has 1 N–H and O–H groups in total. The minimum atomic E-state index is 0.145. The number of nitriles is 1. The predicted molar refractivity (Wildman–Crippen MR) is 59.6 cm³/mol. The Balaban J connectivity index is 2.28. The average molecular weight is 201 g/mol. The second-order valence-corrected chi connectivity index (χ2v) is 4.50. The maximum absolute atomic E-state index is 9.06. The van der Waals surface area contributed by atoms with Crippen LogP contribution in [0.2, 0.25) is 0 Å². The van der Waals surface area contributed by atoms with E-state index < -0.39 is 0 Å². The van der Waals surface area contributed by atoms with Gasteiger partial charge in [-0.1, -0.05) is 0 Å². The van der Waals surface area contributed by atoms with Crippen LogP contribution in [-0.2, 0) is 0 Å². The third-order valence-electron chi connectivity index (χ3n) is 3.15. The van der Waals surface area contributed by atoms with Crippen LogP contribution in [0.5, 0.6) is 0 Å². The fraction of sp³-hybridized carbons (Fsp3) is 0.500. The number of aromatic nitrogens is 1. The molecular formula is C12H15N3. The monoisotopic (exact) mass is 201 g/mol. The van der Waals surface area contributed by atoms with Gasteiger partial charge in [-0.05, 0) is 44.7 Å². The molecule has 0 unspecified atom stereocenters. The summed E-state index contributed by atoms with van der Waals surface area (Å²) in [6.07, 6.45) is 5.33. The highest BCUT2D eigenvalue weighted by Gasteiger charge is 2.32. The molecule has 15 heavy (non-hydrogen) atoms. The summed E-state index contributed by atoms with van der Waals surface area (Å²) in [5.41, 5.74) is 1.80. The maximum atomic E-state index is 9.06. The topological polar surface area (TPSA) is 48.7 Å². The first kappa shape index (κ1) is 9.97. The van der Waals surface area contributed by atoms with Gasteiger partial charge in [0, 0.05) is 11.7 Å². The summed E-state index contributed by atoms with van der Waals surface area (Å²) in [5.74, 6) is 0.736. The molecule has 0 bridgehead atoms. The molecule has 1 aromatic heterocycles. The molecule has 78 valence electrons. The molecule has 0 atom stereocenters. The molecule has 0 saturated heterocycles.